The first-order chi connectivity index (χ1) is 15.2. The normalized spacial score (nSPS) is 14.3. The average Bonchev–Trinajstić information content (AvgIpc) is 3.34. The first-order valence-corrected chi connectivity index (χ1v) is 12.9. The maximum atomic E-state index is 12.5. The molecule has 0 fully saturated rings. The molecule has 32 heavy (non-hydrogen) atoms. The quantitative estimate of drug-likeness (QED) is 0.538. The fourth-order valence-electron chi connectivity index (χ4n) is 3.02. The van der Waals surface area contributed by atoms with Gasteiger partial charge in [-0.1, -0.05) is 12.1 Å². The van der Waals surface area contributed by atoms with Crippen LogP contribution in [0, 0.1) is 0 Å². The third-order valence-electron chi connectivity index (χ3n) is 4.46. The second kappa shape index (κ2) is 8.33. The fourth-order valence-corrected chi connectivity index (χ4v) is 6.06. The molecule has 10 nitrogen and oxygen atoms in total. The number of carbonyl (C=O) groups is 1. The van der Waals surface area contributed by atoms with Crippen LogP contribution in [-0.4, -0.2) is 52.1 Å². The average molecular weight is 492 g/mol. The Morgan fingerprint density at radius 2 is 1.84 bits per heavy atom. The van der Waals surface area contributed by atoms with Crippen LogP contribution < -0.4 is 10.0 Å². The number of amidine groups is 1. The molecule has 0 aliphatic carbocycles. The van der Waals surface area contributed by atoms with Crippen molar-refractivity contribution in [3.63, 3.8) is 0 Å². The van der Waals surface area contributed by atoms with E-state index < -0.39 is 26.0 Å². The van der Waals surface area contributed by atoms with Gasteiger partial charge in [-0.15, -0.1) is 15.7 Å². The molecule has 1 aliphatic rings. The lowest BCUT2D eigenvalue weighted by Gasteiger charge is -2.18. The molecule has 2 aromatic carbocycles. The van der Waals surface area contributed by atoms with Gasteiger partial charge in [-0.2, -0.15) is 8.42 Å². The highest BCUT2D eigenvalue weighted by Gasteiger charge is 2.30. The summed E-state index contributed by atoms with van der Waals surface area (Å²) < 4.78 is 55.3. The summed E-state index contributed by atoms with van der Waals surface area (Å²) >= 11 is 1.16. The van der Waals surface area contributed by atoms with Crippen molar-refractivity contribution in [1.29, 1.82) is 0 Å². The van der Waals surface area contributed by atoms with E-state index in [1.165, 1.54) is 41.4 Å². The molecule has 4 rings (SSSR count). The largest absolute Gasteiger partial charge is 0.349 e. The van der Waals surface area contributed by atoms with E-state index in [1.807, 2.05) is 0 Å². The molecule has 1 aromatic heterocycles. The van der Waals surface area contributed by atoms with Crippen molar-refractivity contribution in [1.82, 2.24) is 9.88 Å². The molecule has 166 valence electrons. The van der Waals surface area contributed by atoms with E-state index in [2.05, 4.69) is 19.4 Å². The second-order valence-corrected chi connectivity index (χ2v) is 10.9. The standard InChI is InChI=1S/C19H17N5O5S3/c1-24(18-15-4-2-3-5-16(15)32(28,29)22-18)12-17(25)21-13-6-8-14(9-7-13)31(26,27)23-19-20-10-11-30-19/h2-11H,12H2,1H3,(H,20,23)(H,21,25). The smallest absolute Gasteiger partial charge is 0.285 e. The minimum atomic E-state index is -3.79. The SMILES string of the molecule is CN(CC(=O)Nc1ccc(S(=O)(=O)Nc2nccs2)cc1)C1=NS(=O)(=O)c2ccccc21. The van der Waals surface area contributed by atoms with Gasteiger partial charge in [-0.3, -0.25) is 9.52 Å². The number of hydrogen-bond acceptors (Lipinski definition) is 8. The first-order valence-electron chi connectivity index (χ1n) is 9.13. The molecule has 0 saturated carbocycles. The highest BCUT2D eigenvalue weighted by Crippen LogP contribution is 2.27. The Bertz CT molecular complexity index is 1400. The Kier molecular flexibility index (Phi) is 5.71. The lowest BCUT2D eigenvalue weighted by atomic mass is 10.2. The molecule has 2 heterocycles. The molecule has 0 saturated heterocycles. The zero-order chi connectivity index (χ0) is 22.9. The number of hydrogen-bond donors (Lipinski definition) is 2. The molecule has 1 aliphatic heterocycles. The Morgan fingerprint density at radius 3 is 2.53 bits per heavy atom. The highest BCUT2D eigenvalue weighted by atomic mass is 32.2. The van der Waals surface area contributed by atoms with Gasteiger partial charge in [0.2, 0.25) is 5.91 Å². The third-order valence-corrected chi connectivity index (χ3v) is 7.95. The van der Waals surface area contributed by atoms with Crippen LogP contribution in [0.2, 0.25) is 0 Å². The summed E-state index contributed by atoms with van der Waals surface area (Å²) in [5.41, 5.74) is 0.822. The van der Waals surface area contributed by atoms with Crippen molar-refractivity contribution in [3.05, 3.63) is 65.7 Å². The number of thiazole rings is 1. The third kappa shape index (κ3) is 4.49. The molecule has 13 heteroatoms. The van der Waals surface area contributed by atoms with E-state index >= 15 is 0 Å². The number of rotatable bonds is 6. The van der Waals surface area contributed by atoms with Gasteiger partial charge in [0.15, 0.2) is 11.0 Å². The van der Waals surface area contributed by atoms with Gasteiger partial charge in [0.05, 0.1) is 11.4 Å². The van der Waals surface area contributed by atoms with Crippen LogP contribution in [0.1, 0.15) is 5.56 Å². The Balaban J connectivity index is 1.42. The Morgan fingerprint density at radius 1 is 1.12 bits per heavy atom. The molecule has 1 amide bonds. The van der Waals surface area contributed by atoms with Crippen molar-refractivity contribution in [3.8, 4) is 0 Å². The van der Waals surface area contributed by atoms with Crippen LogP contribution >= 0.6 is 11.3 Å². The van der Waals surface area contributed by atoms with Crippen LogP contribution in [0.15, 0.2) is 74.3 Å². The minimum Gasteiger partial charge on any atom is -0.349 e. The zero-order valence-corrected chi connectivity index (χ0v) is 19.0. The van der Waals surface area contributed by atoms with Crippen molar-refractivity contribution in [2.75, 3.05) is 23.6 Å². The van der Waals surface area contributed by atoms with Gasteiger partial charge in [0.25, 0.3) is 20.0 Å². The molecule has 0 radical (unpaired) electrons. The van der Waals surface area contributed by atoms with Gasteiger partial charge >= 0.3 is 0 Å². The highest BCUT2D eigenvalue weighted by molar-refractivity contribution is 7.93. The summed E-state index contributed by atoms with van der Waals surface area (Å²) in [6, 6.07) is 12.0. The summed E-state index contributed by atoms with van der Waals surface area (Å²) in [6.45, 7) is -0.158. The van der Waals surface area contributed by atoms with E-state index in [9.17, 15) is 21.6 Å². The topological polar surface area (TPSA) is 138 Å². The number of carbonyl (C=O) groups excluding carboxylic acids is 1. The molecular formula is C19H17N5O5S3. The number of likely N-dealkylation sites (N-methyl/N-ethyl adjacent to an activating group) is 1. The number of nitrogens with zero attached hydrogens (tertiary/aromatic N) is 3. The summed E-state index contributed by atoms with van der Waals surface area (Å²) in [7, 11) is -6.01. The number of sulfonamides is 2. The monoisotopic (exact) mass is 491 g/mol. The molecular weight excluding hydrogens is 474 g/mol. The first kappa shape index (κ1) is 21.9. The number of benzene rings is 2. The molecule has 0 atom stereocenters. The van der Waals surface area contributed by atoms with E-state index in [-0.39, 0.29) is 27.3 Å². The van der Waals surface area contributed by atoms with Gasteiger partial charge in [-0.05, 0) is 36.4 Å². The molecule has 0 unspecified atom stereocenters. The van der Waals surface area contributed by atoms with E-state index in [4.69, 9.17) is 0 Å². The second-order valence-electron chi connectivity index (χ2n) is 6.76. The van der Waals surface area contributed by atoms with Gasteiger partial charge in [-0.25, -0.2) is 13.4 Å². The minimum absolute atomic E-state index is 0.0185. The number of anilines is 2. The van der Waals surface area contributed by atoms with Crippen LogP contribution in [0.3, 0.4) is 0 Å². The van der Waals surface area contributed by atoms with Gasteiger partial charge in [0.1, 0.15) is 4.90 Å². The van der Waals surface area contributed by atoms with E-state index in [0.29, 0.717) is 11.3 Å². The molecule has 0 bridgehead atoms. The van der Waals surface area contributed by atoms with Crippen molar-refractivity contribution >= 4 is 53.9 Å². The summed E-state index contributed by atoms with van der Waals surface area (Å²) in [6.07, 6.45) is 1.49. The van der Waals surface area contributed by atoms with Gasteiger partial charge < -0.3 is 10.2 Å². The molecule has 0 spiro atoms. The van der Waals surface area contributed by atoms with Gasteiger partial charge in [0, 0.05) is 29.9 Å². The number of nitrogens with one attached hydrogen (secondary N) is 2. The summed E-state index contributed by atoms with van der Waals surface area (Å²) in [5, 5.41) is 4.56. The van der Waals surface area contributed by atoms with E-state index in [0.717, 1.165) is 11.3 Å². The van der Waals surface area contributed by atoms with Crippen molar-refractivity contribution < 1.29 is 21.6 Å². The zero-order valence-electron chi connectivity index (χ0n) is 16.6. The predicted octanol–water partition coefficient (Wildman–Crippen LogP) is 1.96. The summed E-state index contributed by atoms with van der Waals surface area (Å²) in [5.74, 6) is -0.237. The lowest BCUT2D eigenvalue weighted by Crippen LogP contribution is -2.34. The Labute approximate surface area is 188 Å². The number of amides is 1. The summed E-state index contributed by atoms with van der Waals surface area (Å²) in [4.78, 5) is 17.9. The van der Waals surface area contributed by atoms with Crippen LogP contribution in [0.4, 0.5) is 10.8 Å². The molecule has 2 N–H and O–H groups in total. The van der Waals surface area contributed by atoms with Crippen molar-refractivity contribution in [2.24, 2.45) is 4.40 Å². The van der Waals surface area contributed by atoms with Crippen molar-refractivity contribution in [2.45, 2.75) is 9.79 Å². The Hall–Kier alpha value is -3.29. The number of aromatic nitrogens is 1. The van der Waals surface area contributed by atoms with Crippen LogP contribution in [0.5, 0.6) is 0 Å². The lowest BCUT2D eigenvalue weighted by molar-refractivity contribution is -0.116. The molecule has 3 aromatic rings. The maximum absolute atomic E-state index is 12.5. The maximum Gasteiger partial charge on any atom is 0.285 e. The fraction of sp³-hybridized carbons (Fsp3) is 0.105. The van der Waals surface area contributed by atoms with Crippen LogP contribution in [-0.2, 0) is 24.8 Å². The number of fused-ring (bicyclic) bond motifs is 1. The predicted molar refractivity (Wildman–Crippen MR) is 121 cm³/mol. The van der Waals surface area contributed by atoms with Crippen LogP contribution in [0.25, 0.3) is 0 Å². The van der Waals surface area contributed by atoms with E-state index in [1.54, 1.807) is 30.6 Å².